The van der Waals surface area contributed by atoms with Gasteiger partial charge < -0.3 is 14.6 Å². The van der Waals surface area contributed by atoms with Crippen molar-refractivity contribution in [2.75, 3.05) is 13.2 Å². The van der Waals surface area contributed by atoms with Crippen molar-refractivity contribution in [2.45, 2.75) is 39.5 Å². The van der Waals surface area contributed by atoms with Crippen LogP contribution in [-0.2, 0) is 20.7 Å². The Morgan fingerprint density at radius 1 is 1.35 bits per heavy atom. The van der Waals surface area contributed by atoms with Crippen LogP contribution in [0.4, 0.5) is 0 Å². The van der Waals surface area contributed by atoms with Crippen LogP contribution in [0.25, 0.3) is 11.4 Å². The highest BCUT2D eigenvalue weighted by Gasteiger charge is 2.10. The molecule has 26 heavy (non-hydrogen) atoms. The Morgan fingerprint density at radius 2 is 2.19 bits per heavy atom. The summed E-state index contributed by atoms with van der Waals surface area (Å²) in [6, 6.07) is 3.64. The highest BCUT2D eigenvalue weighted by Crippen LogP contribution is 2.14. The summed E-state index contributed by atoms with van der Waals surface area (Å²) < 4.78 is 10.2. The number of nitrogens with one attached hydrogen (secondary N) is 1. The largest absolute Gasteiger partial charge is 0.464 e. The molecule has 0 bridgehead atoms. The number of aryl methyl sites for hydroxylation is 1. The maximum Gasteiger partial charge on any atom is 0.325 e. The van der Waals surface area contributed by atoms with Crippen molar-refractivity contribution in [1.29, 1.82) is 0 Å². The molecule has 0 atom stereocenters. The van der Waals surface area contributed by atoms with Crippen molar-refractivity contribution in [3.8, 4) is 11.4 Å². The molecule has 0 aliphatic carbocycles. The van der Waals surface area contributed by atoms with Crippen LogP contribution in [0.5, 0.6) is 0 Å². The third-order valence-electron chi connectivity index (χ3n) is 3.56. The van der Waals surface area contributed by atoms with Crippen LogP contribution >= 0.6 is 0 Å². The lowest BCUT2D eigenvalue weighted by Gasteiger charge is -2.07. The highest BCUT2D eigenvalue weighted by atomic mass is 16.5. The van der Waals surface area contributed by atoms with Gasteiger partial charge in [0.1, 0.15) is 6.54 Å². The first-order chi connectivity index (χ1) is 12.5. The molecule has 2 aromatic heterocycles. The predicted octanol–water partition coefficient (Wildman–Crippen LogP) is 2.16. The number of pyridine rings is 1. The zero-order chi connectivity index (χ0) is 18.8. The standard InChI is InChI=1S/C18H24N4O4/c1-13(2)7-8-15(23)20-12-17(24)25-10-4-6-16-21-18(22-26-16)14-5-3-9-19-11-14/h3,5,9,11,13H,4,6-8,10,12H2,1-2H3,(H,20,23). The lowest BCUT2D eigenvalue weighted by Crippen LogP contribution is -2.30. The van der Waals surface area contributed by atoms with Gasteiger partial charge in [0.25, 0.3) is 0 Å². The number of aromatic nitrogens is 3. The third kappa shape index (κ3) is 7.00. The summed E-state index contributed by atoms with van der Waals surface area (Å²) in [5, 5.41) is 6.46. The Kier molecular flexibility index (Phi) is 7.73. The number of amides is 1. The molecule has 140 valence electrons. The normalized spacial score (nSPS) is 10.7. The van der Waals surface area contributed by atoms with Crippen LogP contribution in [0.3, 0.4) is 0 Å². The molecular formula is C18H24N4O4. The fourth-order valence-electron chi connectivity index (χ4n) is 2.11. The van der Waals surface area contributed by atoms with E-state index in [1.54, 1.807) is 18.5 Å². The minimum atomic E-state index is -0.454. The second-order valence-electron chi connectivity index (χ2n) is 6.29. The molecule has 0 saturated carbocycles. The SMILES string of the molecule is CC(C)CCC(=O)NCC(=O)OCCCc1nc(-c2cccnc2)no1. The number of nitrogens with zero attached hydrogens (tertiary/aromatic N) is 3. The topological polar surface area (TPSA) is 107 Å². The van der Waals surface area contributed by atoms with Gasteiger partial charge in [-0.05, 0) is 30.9 Å². The highest BCUT2D eigenvalue weighted by molar-refractivity contribution is 5.81. The van der Waals surface area contributed by atoms with Gasteiger partial charge in [-0.3, -0.25) is 14.6 Å². The summed E-state index contributed by atoms with van der Waals surface area (Å²) >= 11 is 0. The molecule has 0 unspecified atom stereocenters. The van der Waals surface area contributed by atoms with E-state index in [-0.39, 0.29) is 19.1 Å². The first kappa shape index (κ1) is 19.6. The first-order valence-corrected chi connectivity index (χ1v) is 8.70. The van der Waals surface area contributed by atoms with Crippen LogP contribution in [0, 0.1) is 5.92 Å². The van der Waals surface area contributed by atoms with Crippen LogP contribution in [0.2, 0.25) is 0 Å². The molecule has 0 fully saturated rings. The fraction of sp³-hybridized carbons (Fsp3) is 0.500. The Hall–Kier alpha value is -2.77. The number of carbonyl (C=O) groups is 2. The quantitative estimate of drug-likeness (QED) is 0.511. The van der Waals surface area contributed by atoms with E-state index in [1.165, 1.54) is 0 Å². The van der Waals surface area contributed by atoms with Gasteiger partial charge in [-0.2, -0.15) is 4.98 Å². The molecule has 1 N–H and O–H groups in total. The van der Waals surface area contributed by atoms with Gasteiger partial charge >= 0.3 is 5.97 Å². The van der Waals surface area contributed by atoms with Gasteiger partial charge in [0.15, 0.2) is 0 Å². The average Bonchev–Trinajstić information content (AvgIpc) is 3.11. The minimum absolute atomic E-state index is 0.108. The molecule has 0 saturated heterocycles. The molecular weight excluding hydrogens is 336 g/mol. The van der Waals surface area contributed by atoms with E-state index in [0.29, 0.717) is 36.9 Å². The molecule has 2 heterocycles. The van der Waals surface area contributed by atoms with Gasteiger partial charge in [0.05, 0.1) is 6.61 Å². The monoisotopic (exact) mass is 360 g/mol. The molecule has 0 aliphatic heterocycles. The molecule has 8 heteroatoms. The Bertz CT molecular complexity index is 700. The van der Waals surface area contributed by atoms with E-state index in [2.05, 4.69) is 20.4 Å². The predicted molar refractivity (Wildman–Crippen MR) is 93.9 cm³/mol. The van der Waals surface area contributed by atoms with Crippen LogP contribution in [0.15, 0.2) is 29.0 Å². The summed E-state index contributed by atoms with van der Waals surface area (Å²) in [5.41, 5.74) is 0.780. The van der Waals surface area contributed by atoms with Crippen molar-refractivity contribution in [1.82, 2.24) is 20.4 Å². The number of carbonyl (C=O) groups excluding carboxylic acids is 2. The Morgan fingerprint density at radius 3 is 2.92 bits per heavy atom. The van der Waals surface area contributed by atoms with Crippen molar-refractivity contribution in [2.24, 2.45) is 5.92 Å². The molecule has 0 aliphatic rings. The summed E-state index contributed by atoms with van der Waals surface area (Å²) in [5.74, 6) is 0.820. The number of rotatable bonds is 10. The molecule has 0 aromatic carbocycles. The van der Waals surface area contributed by atoms with Gasteiger partial charge in [-0.1, -0.05) is 19.0 Å². The lowest BCUT2D eigenvalue weighted by molar-refractivity contribution is -0.144. The minimum Gasteiger partial charge on any atom is -0.464 e. The Labute approximate surface area is 152 Å². The van der Waals surface area contributed by atoms with Gasteiger partial charge in [-0.15, -0.1) is 0 Å². The van der Waals surface area contributed by atoms with Crippen molar-refractivity contribution >= 4 is 11.9 Å². The number of hydrogen-bond donors (Lipinski definition) is 1. The second kappa shape index (κ2) is 10.3. The van der Waals surface area contributed by atoms with E-state index in [0.717, 1.165) is 12.0 Å². The smallest absolute Gasteiger partial charge is 0.325 e. The molecule has 2 rings (SSSR count). The number of esters is 1. The van der Waals surface area contributed by atoms with E-state index in [4.69, 9.17) is 9.26 Å². The summed E-state index contributed by atoms with van der Waals surface area (Å²) in [6.45, 7) is 4.21. The number of hydrogen-bond acceptors (Lipinski definition) is 7. The van der Waals surface area contributed by atoms with E-state index >= 15 is 0 Å². The fourth-order valence-corrected chi connectivity index (χ4v) is 2.11. The molecule has 1 amide bonds. The third-order valence-corrected chi connectivity index (χ3v) is 3.56. The zero-order valence-electron chi connectivity index (χ0n) is 15.1. The summed E-state index contributed by atoms with van der Waals surface area (Å²) in [7, 11) is 0. The van der Waals surface area contributed by atoms with Crippen molar-refractivity contribution in [3.05, 3.63) is 30.4 Å². The van der Waals surface area contributed by atoms with Crippen LogP contribution < -0.4 is 5.32 Å². The Balaban J connectivity index is 1.61. The molecule has 2 aromatic rings. The van der Waals surface area contributed by atoms with Crippen LogP contribution in [-0.4, -0.2) is 40.2 Å². The summed E-state index contributed by atoms with van der Waals surface area (Å²) in [4.78, 5) is 31.4. The maximum absolute atomic E-state index is 11.6. The molecule has 8 nitrogen and oxygen atoms in total. The number of ether oxygens (including phenoxy) is 1. The maximum atomic E-state index is 11.6. The van der Waals surface area contributed by atoms with Crippen molar-refractivity contribution < 1.29 is 18.8 Å². The van der Waals surface area contributed by atoms with E-state index in [1.807, 2.05) is 19.9 Å². The lowest BCUT2D eigenvalue weighted by atomic mass is 10.1. The second-order valence-corrected chi connectivity index (χ2v) is 6.29. The average molecular weight is 360 g/mol. The zero-order valence-corrected chi connectivity index (χ0v) is 15.1. The van der Waals surface area contributed by atoms with E-state index in [9.17, 15) is 9.59 Å². The van der Waals surface area contributed by atoms with E-state index < -0.39 is 5.97 Å². The van der Waals surface area contributed by atoms with Gasteiger partial charge in [0.2, 0.25) is 17.6 Å². The molecule has 0 radical (unpaired) electrons. The van der Waals surface area contributed by atoms with Crippen molar-refractivity contribution in [3.63, 3.8) is 0 Å². The molecule has 0 spiro atoms. The van der Waals surface area contributed by atoms with Gasteiger partial charge in [0, 0.05) is 30.8 Å². The van der Waals surface area contributed by atoms with Gasteiger partial charge in [-0.25, -0.2) is 0 Å². The first-order valence-electron chi connectivity index (χ1n) is 8.70. The summed E-state index contributed by atoms with van der Waals surface area (Å²) in [6.07, 6.45) is 5.61. The van der Waals surface area contributed by atoms with Crippen LogP contribution in [0.1, 0.15) is 39.0 Å².